The average Bonchev–Trinajstić information content (AvgIpc) is 2.61. The molecule has 0 aliphatic carbocycles. The van der Waals surface area contributed by atoms with Crippen molar-refractivity contribution in [3.05, 3.63) is 91.0 Å². The Morgan fingerprint density at radius 1 is 1.17 bits per heavy atom. The van der Waals surface area contributed by atoms with Gasteiger partial charge in [-0.1, -0.05) is 30.4 Å². The van der Waals surface area contributed by atoms with E-state index in [4.69, 9.17) is 0 Å². The molecule has 0 saturated carbocycles. The van der Waals surface area contributed by atoms with E-state index in [9.17, 15) is 9.18 Å². The molecule has 1 aromatic carbocycles. The zero-order valence-corrected chi connectivity index (χ0v) is 13.4. The first-order valence-corrected chi connectivity index (χ1v) is 7.59. The maximum atomic E-state index is 13.2. The van der Waals surface area contributed by atoms with Gasteiger partial charge in [0.25, 0.3) is 0 Å². The molecule has 2 rings (SSSR count). The third-order valence-electron chi connectivity index (χ3n) is 3.44. The number of hydrogen-bond donors (Lipinski definition) is 1. The van der Waals surface area contributed by atoms with Gasteiger partial charge in [-0.3, -0.25) is 4.98 Å². The highest BCUT2D eigenvalue weighted by Gasteiger charge is 2.20. The summed E-state index contributed by atoms with van der Waals surface area (Å²) in [4.78, 5) is 18.4. The topological polar surface area (TPSA) is 45.2 Å². The molecule has 0 fully saturated rings. The molecule has 4 nitrogen and oxygen atoms in total. The summed E-state index contributed by atoms with van der Waals surface area (Å²) in [5, 5.41) is 2.95. The highest BCUT2D eigenvalue weighted by Crippen LogP contribution is 2.21. The van der Waals surface area contributed by atoms with Crippen molar-refractivity contribution in [2.45, 2.75) is 6.04 Å². The number of carbonyl (C=O) groups excluding carboxylic acids is 1. The lowest BCUT2D eigenvalue weighted by Gasteiger charge is -2.25. The Morgan fingerprint density at radius 2 is 1.83 bits per heavy atom. The second-order valence-electron chi connectivity index (χ2n) is 5.17. The molecule has 1 aromatic heterocycles. The van der Waals surface area contributed by atoms with E-state index in [1.807, 2.05) is 12.1 Å². The fourth-order valence-corrected chi connectivity index (χ4v) is 2.30. The van der Waals surface area contributed by atoms with E-state index in [-0.39, 0.29) is 11.8 Å². The first kappa shape index (κ1) is 17.4. The minimum Gasteiger partial charge on any atom is -0.325 e. The normalized spacial score (nSPS) is 11.4. The van der Waals surface area contributed by atoms with Crippen molar-refractivity contribution in [2.75, 3.05) is 13.1 Å². The molecule has 0 unspecified atom stereocenters. The lowest BCUT2D eigenvalue weighted by atomic mass is 10.0. The molecule has 2 amide bonds. The fourth-order valence-electron chi connectivity index (χ4n) is 2.30. The number of benzene rings is 1. The lowest BCUT2D eigenvalue weighted by Crippen LogP contribution is -2.42. The van der Waals surface area contributed by atoms with Gasteiger partial charge in [-0.15, -0.1) is 13.2 Å². The maximum Gasteiger partial charge on any atom is 0.318 e. The van der Waals surface area contributed by atoms with Gasteiger partial charge in [-0.25, -0.2) is 9.18 Å². The number of amides is 2. The standard InChI is InChI=1S/C19H20FN3O/c1-3-13-23(14-4-2)19(24)22-18(17-7-5-6-12-21-17)15-8-10-16(20)11-9-15/h3-12,18H,1-2,13-14H2,(H,22,24)/t18-/m0/s1. The Bertz CT molecular complexity index is 676. The molecule has 1 N–H and O–H groups in total. The van der Waals surface area contributed by atoms with Crippen LogP contribution in [-0.4, -0.2) is 29.0 Å². The molecule has 0 aliphatic heterocycles. The van der Waals surface area contributed by atoms with Crippen molar-refractivity contribution in [3.63, 3.8) is 0 Å². The Labute approximate surface area is 141 Å². The summed E-state index contributed by atoms with van der Waals surface area (Å²) in [7, 11) is 0. The number of halogens is 1. The van der Waals surface area contributed by atoms with Gasteiger partial charge in [0.15, 0.2) is 0 Å². The zero-order valence-electron chi connectivity index (χ0n) is 13.4. The lowest BCUT2D eigenvalue weighted by molar-refractivity contribution is 0.205. The molecule has 5 heteroatoms. The summed E-state index contributed by atoms with van der Waals surface area (Å²) < 4.78 is 13.2. The third kappa shape index (κ3) is 4.52. The number of urea groups is 1. The van der Waals surface area contributed by atoms with Crippen molar-refractivity contribution in [3.8, 4) is 0 Å². The summed E-state index contributed by atoms with van der Waals surface area (Å²) in [6, 6.07) is 10.7. The quantitative estimate of drug-likeness (QED) is 0.789. The van der Waals surface area contributed by atoms with Crippen LogP contribution >= 0.6 is 0 Å². The molecular formula is C19H20FN3O. The Hall–Kier alpha value is -2.95. The van der Waals surface area contributed by atoms with Crippen molar-refractivity contribution >= 4 is 6.03 Å². The summed E-state index contributed by atoms with van der Waals surface area (Å²) in [6.45, 7) is 8.12. The van der Waals surface area contributed by atoms with Gasteiger partial charge in [0.1, 0.15) is 5.82 Å². The van der Waals surface area contributed by atoms with Crippen LogP contribution in [0.1, 0.15) is 17.3 Å². The van der Waals surface area contributed by atoms with Crippen LogP contribution in [-0.2, 0) is 0 Å². The predicted octanol–water partition coefficient (Wildman–Crippen LogP) is 3.69. The number of rotatable bonds is 7. The Kier molecular flexibility index (Phi) is 6.25. The van der Waals surface area contributed by atoms with Crippen molar-refractivity contribution in [2.24, 2.45) is 0 Å². The predicted molar refractivity (Wildman–Crippen MR) is 93.0 cm³/mol. The number of nitrogens with zero attached hydrogens (tertiary/aromatic N) is 2. The van der Waals surface area contributed by atoms with Gasteiger partial charge in [0.05, 0.1) is 11.7 Å². The number of aromatic nitrogens is 1. The van der Waals surface area contributed by atoms with Gasteiger partial charge in [-0.05, 0) is 29.8 Å². The van der Waals surface area contributed by atoms with E-state index in [0.29, 0.717) is 18.8 Å². The highest BCUT2D eigenvalue weighted by molar-refractivity contribution is 5.75. The second-order valence-corrected chi connectivity index (χ2v) is 5.17. The van der Waals surface area contributed by atoms with Gasteiger partial charge < -0.3 is 10.2 Å². The first-order valence-electron chi connectivity index (χ1n) is 7.59. The van der Waals surface area contributed by atoms with Crippen LogP contribution in [0.3, 0.4) is 0 Å². The van der Waals surface area contributed by atoms with Crippen LogP contribution < -0.4 is 5.32 Å². The summed E-state index contributed by atoms with van der Waals surface area (Å²) in [5.74, 6) is -0.329. The minimum atomic E-state index is -0.476. The first-order chi connectivity index (χ1) is 11.7. The monoisotopic (exact) mass is 325 g/mol. The molecule has 0 spiro atoms. The van der Waals surface area contributed by atoms with Gasteiger partial charge in [-0.2, -0.15) is 0 Å². The van der Waals surface area contributed by atoms with E-state index in [1.165, 1.54) is 12.1 Å². The number of nitrogens with one attached hydrogen (secondary N) is 1. The van der Waals surface area contributed by atoms with Crippen LogP contribution in [0.4, 0.5) is 9.18 Å². The van der Waals surface area contributed by atoms with E-state index in [0.717, 1.165) is 5.56 Å². The SMILES string of the molecule is C=CCN(CC=C)C(=O)N[C@@H](c1ccc(F)cc1)c1ccccn1. The molecule has 2 aromatic rings. The van der Waals surface area contributed by atoms with E-state index in [2.05, 4.69) is 23.5 Å². The highest BCUT2D eigenvalue weighted by atomic mass is 19.1. The summed E-state index contributed by atoms with van der Waals surface area (Å²) >= 11 is 0. The van der Waals surface area contributed by atoms with Crippen LogP contribution in [0.15, 0.2) is 74.0 Å². The molecule has 1 atom stereocenters. The fraction of sp³-hybridized carbons (Fsp3) is 0.158. The van der Waals surface area contributed by atoms with Gasteiger partial charge >= 0.3 is 6.03 Å². The maximum absolute atomic E-state index is 13.2. The van der Waals surface area contributed by atoms with E-state index < -0.39 is 6.04 Å². The zero-order chi connectivity index (χ0) is 17.4. The number of hydrogen-bond acceptors (Lipinski definition) is 2. The minimum absolute atomic E-state index is 0.269. The van der Waals surface area contributed by atoms with Gasteiger partial charge in [0, 0.05) is 19.3 Å². The summed E-state index contributed by atoms with van der Waals surface area (Å²) in [6.07, 6.45) is 4.96. The van der Waals surface area contributed by atoms with Crippen LogP contribution in [0.2, 0.25) is 0 Å². The van der Waals surface area contributed by atoms with Crippen LogP contribution in [0.25, 0.3) is 0 Å². The Morgan fingerprint density at radius 3 is 2.38 bits per heavy atom. The van der Waals surface area contributed by atoms with E-state index in [1.54, 1.807) is 41.4 Å². The molecule has 0 radical (unpaired) electrons. The molecule has 0 bridgehead atoms. The average molecular weight is 325 g/mol. The van der Waals surface area contributed by atoms with Crippen LogP contribution in [0, 0.1) is 5.82 Å². The molecule has 0 saturated heterocycles. The largest absolute Gasteiger partial charge is 0.325 e. The summed E-state index contributed by atoms with van der Waals surface area (Å²) in [5.41, 5.74) is 1.43. The van der Waals surface area contributed by atoms with Gasteiger partial charge in [0.2, 0.25) is 0 Å². The molecule has 1 heterocycles. The third-order valence-corrected chi connectivity index (χ3v) is 3.44. The number of carbonyl (C=O) groups is 1. The van der Waals surface area contributed by atoms with Crippen LogP contribution in [0.5, 0.6) is 0 Å². The van der Waals surface area contributed by atoms with Crippen molar-refractivity contribution < 1.29 is 9.18 Å². The Balaban J connectivity index is 2.29. The smallest absolute Gasteiger partial charge is 0.318 e. The number of pyridine rings is 1. The molecular weight excluding hydrogens is 305 g/mol. The second kappa shape index (κ2) is 8.62. The molecule has 0 aliphatic rings. The molecule has 24 heavy (non-hydrogen) atoms. The van der Waals surface area contributed by atoms with E-state index >= 15 is 0 Å². The van der Waals surface area contributed by atoms with Crippen molar-refractivity contribution in [1.82, 2.24) is 15.2 Å². The van der Waals surface area contributed by atoms with Crippen molar-refractivity contribution in [1.29, 1.82) is 0 Å². The molecule has 124 valence electrons.